The summed E-state index contributed by atoms with van der Waals surface area (Å²) in [5.41, 5.74) is 5.87. The minimum absolute atomic E-state index is 0.0616. The molecule has 0 bridgehead atoms. The molecule has 0 aliphatic rings. The molecule has 1 aromatic carbocycles. The molecule has 0 radical (unpaired) electrons. The molecule has 128 valence electrons. The summed E-state index contributed by atoms with van der Waals surface area (Å²) in [5, 5.41) is 14.3. The van der Waals surface area contributed by atoms with Crippen molar-refractivity contribution < 1.29 is 9.31 Å². The van der Waals surface area contributed by atoms with Crippen molar-refractivity contribution in [2.45, 2.75) is 32.9 Å². The van der Waals surface area contributed by atoms with E-state index in [-0.39, 0.29) is 35.2 Å². The lowest BCUT2D eigenvalue weighted by Crippen LogP contribution is -2.40. The number of nitro groups is 1. The van der Waals surface area contributed by atoms with E-state index < -0.39 is 4.92 Å². The van der Waals surface area contributed by atoms with Crippen LogP contribution in [0.2, 0.25) is 0 Å². The monoisotopic (exact) mass is 334 g/mol. The summed E-state index contributed by atoms with van der Waals surface area (Å²) in [6, 6.07) is 5.84. The maximum atomic E-state index is 12.9. The van der Waals surface area contributed by atoms with E-state index in [1.807, 2.05) is 20.8 Å². The first kappa shape index (κ1) is 17.5. The third-order valence-electron chi connectivity index (χ3n) is 2.93. The maximum absolute atomic E-state index is 12.9. The van der Waals surface area contributed by atoms with Crippen LogP contribution in [0.15, 0.2) is 30.6 Å². The largest absolute Gasteiger partial charge is 0.360 e. The van der Waals surface area contributed by atoms with Crippen LogP contribution in [0, 0.1) is 15.9 Å². The molecule has 0 amide bonds. The average molecular weight is 334 g/mol. The van der Waals surface area contributed by atoms with E-state index in [4.69, 9.17) is 0 Å². The minimum atomic E-state index is -0.556. The summed E-state index contributed by atoms with van der Waals surface area (Å²) in [4.78, 5) is 18.7. The fraction of sp³-hybridized carbons (Fsp3) is 0.333. The summed E-state index contributed by atoms with van der Waals surface area (Å²) < 4.78 is 12.9. The Balaban J connectivity index is 2.19. The highest BCUT2D eigenvalue weighted by Gasteiger charge is 2.23. The fourth-order valence-electron chi connectivity index (χ4n) is 1.81. The summed E-state index contributed by atoms with van der Waals surface area (Å²) >= 11 is 0. The molecule has 9 heteroatoms. The van der Waals surface area contributed by atoms with E-state index in [2.05, 4.69) is 26.1 Å². The standard InChI is InChI=1S/C15H19FN6O2/c1-15(2,3)21-20-14-12(22(23)24)13(18-9-19-14)17-8-10-4-6-11(16)7-5-10/h4-7,9,21H,8H2,1-3H3,(H2,17,18,19,20). The lowest BCUT2D eigenvalue weighted by atomic mass is 10.1. The van der Waals surface area contributed by atoms with E-state index >= 15 is 0 Å². The van der Waals surface area contributed by atoms with Crippen LogP contribution < -0.4 is 16.2 Å². The van der Waals surface area contributed by atoms with Gasteiger partial charge in [-0.05, 0) is 38.5 Å². The topological polar surface area (TPSA) is 105 Å². The molecule has 0 saturated heterocycles. The van der Waals surface area contributed by atoms with Gasteiger partial charge in [-0.1, -0.05) is 12.1 Å². The molecule has 0 spiro atoms. The van der Waals surface area contributed by atoms with Gasteiger partial charge in [0.25, 0.3) is 0 Å². The van der Waals surface area contributed by atoms with Crippen molar-refractivity contribution >= 4 is 17.3 Å². The lowest BCUT2D eigenvalue weighted by Gasteiger charge is -2.21. The van der Waals surface area contributed by atoms with Crippen molar-refractivity contribution in [1.82, 2.24) is 15.4 Å². The number of hydrazine groups is 1. The first-order chi connectivity index (χ1) is 11.3. The number of benzene rings is 1. The number of hydrogen-bond acceptors (Lipinski definition) is 7. The quantitative estimate of drug-likeness (QED) is 0.551. The first-order valence-corrected chi connectivity index (χ1v) is 7.27. The van der Waals surface area contributed by atoms with E-state index in [1.54, 1.807) is 12.1 Å². The van der Waals surface area contributed by atoms with Crippen LogP contribution in [0.4, 0.5) is 21.7 Å². The van der Waals surface area contributed by atoms with Crippen molar-refractivity contribution in [2.24, 2.45) is 0 Å². The molecule has 2 aromatic rings. The minimum Gasteiger partial charge on any atom is -0.360 e. The Morgan fingerprint density at radius 2 is 1.79 bits per heavy atom. The average Bonchev–Trinajstić information content (AvgIpc) is 2.51. The van der Waals surface area contributed by atoms with Crippen LogP contribution in [0.3, 0.4) is 0 Å². The highest BCUT2D eigenvalue weighted by Crippen LogP contribution is 2.28. The van der Waals surface area contributed by atoms with Gasteiger partial charge in [-0.15, -0.1) is 0 Å². The first-order valence-electron chi connectivity index (χ1n) is 7.27. The zero-order valence-electron chi connectivity index (χ0n) is 13.6. The van der Waals surface area contributed by atoms with Gasteiger partial charge in [0, 0.05) is 12.1 Å². The fourth-order valence-corrected chi connectivity index (χ4v) is 1.81. The van der Waals surface area contributed by atoms with Crippen LogP contribution in [0.1, 0.15) is 26.3 Å². The van der Waals surface area contributed by atoms with Crippen molar-refractivity contribution in [2.75, 3.05) is 10.7 Å². The third kappa shape index (κ3) is 4.85. The van der Waals surface area contributed by atoms with E-state index in [0.717, 1.165) is 5.56 Å². The van der Waals surface area contributed by atoms with Gasteiger partial charge in [0.2, 0.25) is 11.6 Å². The Kier molecular flexibility index (Phi) is 5.24. The molecule has 0 aliphatic heterocycles. The van der Waals surface area contributed by atoms with Gasteiger partial charge in [0.1, 0.15) is 12.1 Å². The van der Waals surface area contributed by atoms with Gasteiger partial charge in [0.15, 0.2) is 0 Å². The highest BCUT2D eigenvalue weighted by molar-refractivity contribution is 5.68. The Hall–Kier alpha value is -2.81. The second-order valence-corrected chi connectivity index (χ2v) is 6.16. The van der Waals surface area contributed by atoms with E-state index in [0.29, 0.717) is 0 Å². The second-order valence-electron chi connectivity index (χ2n) is 6.16. The SMILES string of the molecule is CC(C)(C)NNc1ncnc(NCc2ccc(F)cc2)c1[N+](=O)[O-]. The second kappa shape index (κ2) is 7.18. The lowest BCUT2D eigenvalue weighted by molar-refractivity contribution is -0.383. The van der Waals surface area contributed by atoms with Crippen molar-refractivity contribution in [3.8, 4) is 0 Å². The maximum Gasteiger partial charge on any atom is 0.354 e. The summed E-state index contributed by atoms with van der Waals surface area (Å²) in [7, 11) is 0. The number of hydrogen-bond donors (Lipinski definition) is 3. The molecule has 0 fully saturated rings. The van der Waals surface area contributed by atoms with E-state index in [1.165, 1.54) is 18.5 Å². The third-order valence-corrected chi connectivity index (χ3v) is 2.93. The Labute approximate surface area is 138 Å². The van der Waals surface area contributed by atoms with Crippen LogP contribution in [-0.4, -0.2) is 20.4 Å². The molecule has 0 unspecified atom stereocenters. The molecule has 0 aliphatic carbocycles. The molecule has 0 saturated carbocycles. The zero-order chi connectivity index (χ0) is 17.7. The van der Waals surface area contributed by atoms with Crippen molar-refractivity contribution in [3.05, 3.63) is 52.1 Å². The molecule has 1 aromatic heterocycles. The smallest absolute Gasteiger partial charge is 0.354 e. The summed E-state index contributed by atoms with van der Waals surface area (Å²) in [5.74, 6) is -0.199. The molecule has 8 nitrogen and oxygen atoms in total. The Bertz CT molecular complexity index is 715. The molecular weight excluding hydrogens is 315 g/mol. The summed E-state index contributed by atoms with van der Waals surface area (Å²) in [6.07, 6.45) is 1.23. The molecule has 24 heavy (non-hydrogen) atoms. The zero-order valence-corrected chi connectivity index (χ0v) is 13.6. The molecule has 1 heterocycles. The molecule has 2 rings (SSSR count). The molecule has 3 N–H and O–H groups in total. The van der Waals surface area contributed by atoms with Gasteiger partial charge in [0.05, 0.1) is 4.92 Å². The van der Waals surface area contributed by atoms with Crippen molar-refractivity contribution in [1.29, 1.82) is 0 Å². The number of nitrogens with one attached hydrogen (secondary N) is 3. The normalized spacial score (nSPS) is 11.2. The van der Waals surface area contributed by atoms with Gasteiger partial charge in [-0.2, -0.15) is 0 Å². The number of halogens is 1. The Morgan fingerprint density at radius 3 is 2.38 bits per heavy atom. The van der Waals surface area contributed by atoms with Gasteiger partial charge < -0.3 is 5.32 Å². The van der Waals surface area contributed by atoms with Gasteiger partial charge in [-0.25, -0.2) is 19.8 Å². The highest BCUT2D eigenvalue weighted by atomic mass is 19.1. The summed E-state index contributed by atoms with van der Waals surface area (Å²) in [6.45, 7) is 5.98. The van der Waals surface area contributed by atoms with Crippen LogP contribution >= 0.6 is 0 Å². The number of aromatic nitrogens is 2. The predicted octanol–water partition coefficient (Wildman–Crippen LogP) is 2.85. The van der Waals surface area contributed by atoms with Gasteiger partial charge in [-0.3, -0.25) is 15.5 Å². The number of nitrogens with zero attached hydrogens (tertiary/aromatic N) is 3. The van der Waals surface area contributed by atoms with Crippen LogP contribution in [0.5, 0.6) is 0 Å². The Morgan fingerprint density at radius 1 is 1.17 bits per heavy atom. The van der Waals surface area contributed by atoms with Crippen LogP contribution in [0.25, 0.3) is 0 Å². The predicted molar refractivity (Wildman–Crippen MR) is 88.9 cm³/mol. The van der Waals surface area contributed by atoms with E-state index in [9.17, 15) is 14.5 Å². The number of anilines is 2. The van der Waals surface area contributed by atoms with Crippen LogP contribution in [-0.2, 0) is 6.54 Å². The molecular formula is C15H19FN6O2. The van der Waals surface area contributed by atoms with Gasteiger partial charge >= 0.3 is 5.69 Å². The number of rotatable bonds is 6. The van der Waals surface area contributed by atoms with Crippen molar-refractivity contribution in [3.63, 3.8) is 0 Å². The molecule has 0 atom stereocenters.